The molecule has 2 heterocycles. The summed E-state index contributed by atoms with van der Waals surface area (Å²) in [5, 5.41) is 9.81. The summed E-state index contributed by atoms with van der Waals surface area (Å²) in [6, 6.07) is 1.98. The van der Waals surface area contributed by atoms with Crippen LogP contribution in [0.25, 0.3) is 5.95 Å². The van der Waals surface area contributed by atoms with Crippen LogP contribution in [0.5, 0.6) is 0 Å². The molecule has 2 aromatic heterocycles. The van der Waals surface area contributed by atoms with Gasteiger partial charge >= 0.3 is 0 Å². The highest BCUT2D eigenvalue weighted by Crippen LogP contribution is 2.05. The highest BCUT2D eigenvalue weighted by molar-refractivity contribution is 7.71. The molecule has 6 heteroatoms. The number of aromatic amines is 2. The number of aromatic nitrogens is 5. The fourth-order valence-electron chi connectivity index (χ4n) is 1.21. The normalized spacial score (nSPS) is 10.6. The Labute approximate surface area is 79.8 Å². The zero-order valence-corrected chi connectivity index (χ0v) is 8.14. The zero-order chi connectivity index (χ0) is 9.42. The molecule has 0 saturated carbocycles. The predicted molar refractivity (Wildman–Crippen MR) is 50.4 cm³/mol. The lowest BCUT2D eigenvalue weighted by molar-refractivity contribution is 0.778. The lowest BCUT2D eigenvalue weighted by Crippen LogP contribution is -2.01. The van der Waals surface area contributed by atoms with Gasteiger partial charge in [0.15, 0.2) is 0 Å². The Kier molecular flexibility index (Phi) is 1.77. The van der Waals surface area contributed by atoms with Crippen molar-refractivity contribution in [3.05, 3.63) is 22.2 Å². The second-order valence-corrected chi connectivity index (χ2v) is 3.22. The summed E-state index contributed by atoms with van der Waals surface area (Å²) in [5.41, 5.74) is 1.98. The maximum Gasteiger partial charge on any atom is 0.245 e. The molecule has 0 amide bonds. The van der Waals surface area contributed by atoms with Gasteiger partial charge in [-0.25, -0.2) is 4.68 Å². The van der Waals surface area contributed by atoms with Gasteiger partial charge in [0, 0.05) is 5.69 Å². The number of nitrogens with one attached hydrogen (secondary N) is 2. The van der Waals surface area contributed by atoms with E-state index in [1.54, 1.807) is 4.68 Å². The second kappa shape index (κ2) is 2.81. The molecule has 0 atom stereocenters. The summed E-state index contributed by atoms with van der Waals surface area (Å²) in [5.74, 6) is 0.621. The zero-order valence-electron chi connectivity index (χ0n) is 7.33. The van der Waals surface area contributed by atoms with Gasteiger partial charge < -0.3 is 0 Å². The quantitative estimate of drug-likeness (QED) is 0.673. The summed E-state index contributed by atoms with van der Waals surface area (Å²) >= 11 is 4.84. The molecule has 2 rings (SSSR count). The third-order valence-corrected chi connectivity index (χ3v) is 1.89. The van der Waals surface area contributed by atoms with Crippen LogP contribution in [0.3, 0.4) is 0 Å². The van der Waals surface area contributed by atoms with E-state index < -0.39 is 0 Å². The van der Waals surface area contributed by atoms with Crippen LogP contribution in [0.15, 0.2) is 6.07 Å². The second-order valence-electron chi connectivity index (χ2n) is 2.83. The van der Waals surface area contributed by atoms with Crippen molar-refractivity contribution in [2.24, 2.45) is 0 Å². The van der Waals surface area contributed by atoms with Crippen molar-refractivity contribution in [1.29, 1.82) is 0 Å². The van der Waals surface area contributed by atoms with Gasteiger partial charge in [-0.2, -0.15) is 10.1 Å². The van der Waals surface area contributed by atoms with E-state index in [0.29, 0.717) is 10.7 Å². The van der Waals surface area contributed by atoms with Crippen molar-refractivity contribution in [2.45, 2.75) is 13.8 Å². The fourth-order valence-corrected chi connectivity index (χ4v) is 1.34. The third-order valence-electron chi connectivity index (χ3n) is 1.70. The minimum Gasteiger partial charge on any atom is -0.272 e. The van der Waals surface area contributed by atoms with Crippen molar-refractivity contribution in [1.82, 2.24) is 25.0 Å². The number of H-pyrrole nitrogens is 2. The molecule has 0 aliphatic heterocycles. The van der Waals surface area contributed by atoms with Gasteiger partial charge in [0.25, 0.3) is 0 Å². The minimum atomic E-state index is 0.433. The summed E-state index contributed by atoms with van der Waals surface area (Å²) < 4.78 is 2.14. The van der Waals surface area contributed by atoms with Crippen molar-refractivity contribution >= 4 is 12.2 Å². The first-order chi connectivity index (χ1) is 6.16. The van der Waals surface area contributed by atoms with Gasteiger partial charge in [-0.15, -0.1) is 0 Å². The van der Waals surface area contributed by atoms with Crippen LogP contribution in [0, 0.1) is 18.6 Å². The first-order valence-electron chi connectivity index (χ1n) is 3.85. The molecular formula is C7H9N5S. The third kappa shape index (κ3) is 1.40. The Morgan fingerprint density at radius 1 is 1.38 bits per heavy atom. The predicted octanol–water partition coefficient (Wildman–Crippen LogP) is 1.27. The molecule has 0 spiro atoms. The van der Waals surface area contributed by atoms with Crippen LogP contribution in [0.1, 0.15) is 11.4 Å². The Morgan fingerprint density at radius 3 is 2.62 bits per heavy atom. The van der Waals surface area contributed by atoms with Gasteiger partial charge in [-0.3, -0.25) is 10.2 Å². The molecule has 0 radical (unpaired) electrons. The molecule has 0 fully saturated rings. The lowest BCUT2D eigenvalue weighted by atomic mass is 10.4. The average molecular weight is 195 g/mol. The molecule has 68 valence electrons. The van der Waals surface area contributed by atoms with E-state index in [2.05, 4.69) is 20.3 Å². The van der Waals surface area contributed by atoms with E-state index in [4.69, 9.17) is 12.2 Å². The minimum absolute atomic E-state index is 0.433. The number of hydrogen-bond acceptors (Lipinski definition) is 3. The van der Waals surface area contributed by atoms with Crippen LogP contribution in [-0.2, 0) is 0 Å². The Bertz CT molecular complexity index is 477. The van der Waals surface area contributed by atoms with E-state index >= 15 is 0 Å². The van der Waals surface area contributed by atoms with Crippen LogP contribution < -0.4 is 0 Å². The smallest absolute Gasteiger partial charge is 0.245 e. The molecular weight excluding hydrogens is 186 g/mol. The van der Waals surface area contributed by atoms with Crippen LogP contribution >= 0.6 is 12.2 Å². The van der Waals surface area contributed by atoms with Crippen LogP contribution in [0.4, 0.5) is 0 Å². The van der Waals surface area contributed by atoms with Crippen molar-refractivity contribution in [3.8, 4) is 5.95 Å². The number of hydrogen-bond donors (Lipinski definition) is 2. The number of aryl methyl sites for hydroxylation is 2. The number of nitrogens with zero attached hydrogens (tertiary/aromatic N) is 3. The Hall–Kier alpha value is -1.43. The van der Waals surface area contributed by atoms with Gasteiger partial charge in [-0.1, -0.05) is 0 Å². The first-order valence-corrected chi connectivity index (χ1v) is 4.26. The maximum atomic E-state index is 4.84. The van der Waals surface area contributed by atoms with Gasteiger partial charge in [-0.05, 0) is 32.1 Å². The molecule has 5 nitrogen and oxygen atoms in total. The molecule has 0 bridgehead atoms. The molecule has 2 N–H and O–H groups in total. The highest BCUT2D eigenvalue weighted by Gasteiger charge is 2.05. The monoisotopic (exact) mass is 195 g/mol. The summed E-state index contributed by atoms with van der Waals surface area (Å²) in [7, 11) is 0. The molecule has 13 heavy (non-hydrogen) atoms. The van der Waals surface area contributed by atoms with Gasteiger partial charge in [0.2, 0.25) is 10.7 Å². The topological polar surface area (TPSA) is 62.3 Å². The Balaban J connectivity index is 2.57. The SMILES string of the molecule is Cc1cc(C)n(-c2nc(=S)[nH][nH]2)n1. The largest absolute Gasteiger partial charge is 0.272 e. The van der Waals surface area contributed by atoms with E-state index in [1.807, 2.05) is 19.9 Å². The molecule has 2 aromatic rings. The number of rotatable bonds is 1. The van der Waals surface area contributed by atoms with Gasteiger partial charge in [0.05, 0.1) is 5.69 Å². The lowest BCUT2D eigenvalue weighted by Gasteiger charge is -1.96. The van der Waals surface area contributed by atoms with E-state index in [0.717, 1.165) is 11.4 Å². The maximum absolute atomic E-state index is 4.84. The molecule has 0 aliphatic carbocycles. The highest BCUT2D eigenvalue weighted by atomic mass is 32.1. The summed E-state index contributed by atoms with van der Waals surface area (Å²) in [4.78, 5) is 4.06. The van der Waals surface area contributed by atoms with E-state index in [-0.39, 0.29) is 0 Å². The fraction of sp³-hybridized carbons (Fsp3) is 0.286. The Morgan fingerprint density at radius 2 is 2.15 bits per heavy atom. The van der Waals surface area contributed by atoms with Crippen molar-refractivity contribution in [2.75, 3.05) is 0 Å². The molecule has 0 aliphatic rings. The van der Waals surface area contributed by atoms with Gasteiger partial charge in [0.1, 0.15) is 0 Å². The molecule has 0 unspecified atom stereocenters. The van der Waals surface area contributed by atoms with Crippen molar-refractivity contribution in [3.63, 3.8) is 0 Å². The van der Waals surface area contributed by atoms with E-state index in [9.17, 15) is 0 Å². The van der Waals surface area contributed by atoms with Crippen LogP contribution in [0.2, 0.25) is 0 Å². The van der Waals surface area contributed by atoms with E-state index in [1.165, 1.54) is 0 Å². The summed E-state index contributed by atoms with van der Waals surface area (Å²) in [6.45, 7) is 3.90. The average Bonchev–Trinajstić information content (AvgIpc) is 2.58. The first kappa shape index (κ1) is 8.18. The van der Waals surface area contributed by atoms with Crippen LogP contribution in [-0.4, -0.2) is 25.0 Å². The van der Waals surface area contributed by atoms with Crippen molar-refractivity contribution < 1.29 is 0 Å². The molecule has 0 saturated heterocycles. The molecule has 0 aromatic carbocycles. The standard InChI is InChI=1S/C7H9N5S/c1-4-3-5(2)12(11-4)6-8-7(13)10-9-6/h3H,1-2H3,(H2,8,9,10,13). The summed E-state index contributed by atoms with van der Waals surface area (Å²) in [6.07, 6.45) is 0.